The maximum atomic E-state index is 12.8. The first-order chi connectivity index (χ1) is 28.4. The van der Waals surface area contributed by atoms with Gasteiger partial charge >= 0.3 is 5.97 Å². The average molecular weight is 827 g/mol. The van der Waals surface area contributed by atoms with Crippen molar-refractivity contribution >= 4 is 5.97 Å². The number of carbonyl (C=O) groups excluding carboxylic acids is 1. The molecule has 0 aliphatic carbocycles. The van der Waals surface area contributed by atoms with Crippen LogP contribution in [0.15, 0.2) is 12.2 Å². The predicted molar refractivity (Wildman–Crippen MR) is 238 cm³/mol. The lowest BCUT2D eigenvalue weighted by molar-refractivity contribution is -0.305. The molecule has 58 heavy (non-hydrogen) atoms. The lowest BCUT2D eigenvalue weighted by Gasteiger charge is -2.39. The molecule has 1 heterocycles. The third kappa shape index (κ3) is 31.8. The van der Waals surface area contributed by atoms with Gasteiger partial charge in [0.2, 0.25) is 0 Å². The Hall–Kier alpha value is -1.07. The molecule has 0 saturated carbocycles. The molecule has 1 fully saturated rings. The Morgan fingerprint density at radius 1 is 0.534 bits per heavy atom. The van der Waals surface area contributed by atoms with Gasteiger partial charge in [-0.15, -0.1) is 0 Å². The summed E-state index contributed by atoms with van der Waals surface area (Å²) in [4.78, 5) is 12.8. The van der Waals surface area contributed by atoms with E-state index in [2.05, 4.69) is 26.0 Å². The van der Waals surface area contributed by atoms with Crippen molar-refractivity contribution in [2.75, 3.05) is 26.4 Å². The minimum atomic E-state index is -1.53. The minimum absolute atomic E-state index is 0.110. The van der Waals surface area contributed by atoms with Crippen molar-refractivity contribution in [3.8, 4) is 0 Å². The van der Waals surface area contributed by atoms with Crippen LogP contribution in [0.25, 0.3) is 0 Å². The SMILES string of the molecule is CCCCCCCC/C=C\CCCCCCCCOCC(COC1OC(CO)C(O)C(O)C1O)OC(=O)CCCCCCCCCCCCCCCCCCCCC. The first kappa shape index (κ1) is 54.9. The number of aliphatic hydroxyl groups excluding tert-OH is 4. The Morgan fingerprint density at radius 3 is 1.40 bits per heavy atom. The van der Waals surface area contributed by atoms with Crippen molar-refractivity contribution in [3.05, 3.63) is 12.2 Å². The Balaban J connectivity index is 2.21. The topological polar surface area (TPSA) is 135 Å². The molecule has 0 spiro atoms. The maximum Gasteiger partial charge on any atom is 0.306 e. The van der Waals surface area contributed by atoms with Gasteiger partial charge in [0.05, 0.1) is 19.8 Å². The minimum Gasteiger partial charge on any atom is -0.457 e. The molecule has 9 nitrogen and oxygen atoms in total. The number of aliphatic hydroxyl groups is 4. The van der Waals surface area contributed by atoms with Crippen LogP contribution in [0.5, 0.6) is 0 Å². The number of allylic oxidation sites excluding steroid dienone is 2. The van der Waals surface area contributed by atoms with E-state index in [1.165, 1.54) is 180 Å². The fourth-order valence-electron chi connectivity index (χ4n) is 7.78. The quantitative estimate of drug-likeness (QED) is 0.0269. The van der Waals surface area contributed by atoms with E-state index >= 15 is 0 Å². The lowest BCUT2D eigenvalue weighted by Crippen LogP contribution is -2.59. The van der Waals surface area contributed by atoms with Crippen molar-refractivity contribution in [3.63, 3.8) is 0 Å². The highest BCUT2D eigenvalue weighted by Gasteiger charge is 2.44. The molecular formula is C49H94O9. The molecule has 1 aliphatic heterocycles. The molecular weight excluding hydrogens is 733 g/mol. The molecule has 0 radical (unpaired) electrons. The number of carbonyl (C=O) groups is 1. The van der Waals surface area contributed by atoms with E-state index in [4.69, 9.17) is 18.9 Å². The molecule has 1 rings (SSSR count). The summed E-state index contributed by atoms with van der Waals surface area (Å²) in [6.07, 6.45) is 39.5. The van der Waals surface area contributed by atoms with Gasteiger partial charge in [-0.25, -0.2) is 0 Å². The second-order valence-electron chi connectivity index (χ2n) is 17.3. The summed E-state index contributed by atoms with van der Waals surface area (Å²) >= 11 is 0. The first-order valence-corrected chi connectivity index (χ1v) is 24.8. The number of esters is 1. The second-order valence-corrected chi connectivity index (χ2v) is 17.3. The molecule has 344 valence electrons. The van der Waals surface area contributed by atoms with Gasteiger partial charge in [0.25, 0.3) is 0 Å². The summed E-state index contributed by atoms with van der Waals surface area (Å²) in [5.41, 5.74) is 0. The van der Waals surface area contributed by atoms with Crippen LogP contribution in [0.2, 0.25) is 0 Å². The summed E-state index contributed by atoms with van der Waals surface area (Å²) in [6.45, 7) is 4.59. The first-order valence-electron chi connectivity index (χ1n) is 24.8. The molecule has 0 amide bonds. The molecule has 0 aromatic heterocycles. The highest BCUT2D eigenvalue weighted by Crippen LogP contribution is 2.23. The van der Waals surface area contributed by atoms with Gasteiger partial charge < -0.3 is 39.4 Å². The summed E-state index contributed by atoms with van der Waals surface area (Å²) in [7, 11) is 0. The summed E-state index contributed by atoms with van der Waals surface area (Å²) < 4.78 is 22.9. The van der Waals surface area contributed by atoms with Crippen molar-refractivity contribution < 1.29 is 44.2 Å². The molecule has 6 atom stereocenters. The Labute approximate surface area is 356 Å². The third-order valence-corrected chi connectivity index (χ3v) is 11.7. The second kappa shape index (κ2) is 41.3. The smallest absolute Gasteiger partial charge is 0.306 e. The van der Waals surface area contributed by atoms with Crippen LogP contribution >= 0.6 is 0 Å². The van der Waals surface area contributed by atoms with E-state index in [1.807, 2.05) is 0 Å². The van der Waals surface area contributed by atoms with E-state index in [-0.39, 0.29) is 19.2 Å². The van der Waals surface area contributed by atoms with Gasteiger partial charge in [0.1, 0.15) is 30.5 Å². The normalized spacial score (nSPS) is 20.3. The Morgan fingerprint density at radius 2 is 0.948 bits per heavy atom. The van der Waals surface area contributed by atoms with Gasteiger partial charge in [-0.1, -0.05) is 199 Å². The third-order valence-electron chi connectivity index (χ3n) is 11.7. The number of hydrogen-bond acceptors (Lipinski definition) is 9. The molecule has 1 saturated heterocycles. The fraction of sp³-hybridized carbons (Fsp3) is 0.939. The van der Waals surface area contributed by atoms with E-state index in [0.29, 0.717) is 13.0 Å². The van der Waals surface area contributed by atoms with Crippen LogP contribution in [0.1, 0.15) is 232 Å². The summed E-state index contributed by atoms with van der Waals surface area (Å²) in [5, 5.41) is 40.2. The van der Waals surface area contributed by atoms with Crippen LogP contribution in [0.3, 0.4) is 0 Å². The average Bonchev–Trinajstić information content (AvgIpc) is 3.22. The Kier molecular flexibility index (Phi) is 39.1. The highest BCUT2D eigenvalue weighted by atomic mass is 16.7. The zero-order chi connectivity index (χ0) is 42.2. The fourth-order valence-corrected chi connectivity index (χ4v) is 7.78. The predicted octanol–water partition coefficient (Wildman–Crippen LogP) is 11.6. The number of rotatable bonds is 43. The van der Waals surface area contributed by atoms with Crippen LogP contribution in [-0.2, 0) is 23.7 Å². The summed E-state index contributed by atoms with van der Waals surface area (Å²) in [5.74, 6) is -0.310. The number of ether oxygens (including phenoxy) is 4. The van der Waals surface area contributed by atoms with Gasteiger partial charge in [0.15, 0.2) is 6.29 Å². The van der Waals surface area contributed by atoms with Gasteiger partial charge in [-0.05, 0) is 38.5 Å². The van der Waals surface area contributed by atoms with E-state index in [9.17, 15) is 25.2 Å². The monoisotopic (exact) mass is 827 g/mol. The van der Waals surface area contributed by atoms with Gasteiger partial charge in [-0.2, -0.15) is 0 Å². The molecule has 4 N–H and O–H groups in total. The number of hydrogen-bond donors (Lipinski definition) is 4. The van der Waals surface area contributed by atoms with Crippen LogP contribution < -0.4 is 0 Å². The molecule has 0 bridgehead atoms. The zero-order valence-corrected chi connectivity index (χ0v) is 37.8. The van der Waals surface area contributed by atoms with Crippen molar-refractivity contribution in [1.82, 2.24) is 0 Å². The zero-order valence-electron chi connectivity index (χ0n) is 37.8. The molecule has 0 aromatic carbocycles. The van der Waals surface area contributed by atoms with Crippen molar-refractivity contribution in [1.29, 1.82) is 0 Å². The van der Waals surface area contributed by atoms with E-state index in [1.54, 1.807) is 0 Å². The maximum absolute atomic E-state index is 12.8. The van der Waals surface area contributed by atoms with Gasteiger partial charge in [0, 0.05) is 13.0 Å². The Bertz CT molecular complexity index is 899. The largest absolute Gasteiger partial charge is 0.457 e. The van der Waals surface area contributed by atoms with Gasteiger partial charge in [-0.3, -0.25) is 4.79 Å². The lowest BCUT2D eigenvalue weighted by atomic mass is 9.99. The summed E-state index contributed by atoms with van der Waals surface area (Å²) in [6, 6.07) is 0. The van der Waals surface area contributed by atoms with E-state index < -0.39 is 43.4 Å². The molecule has 1 aliphatic rings. The van der Waals surface area contributed by atoms with Crippen molar-refractivity contribution in [2.45, 2.75) is 269 Å². The van der Waals surface area contributed by atoms with Crippen LogP contribution in [-0.4, -0.2) is 89.6 Å². The van der Waals surface area contributed by atoms with Crippen molar-refractivity contribution in [2.24, 2.45) is 0 Å². The molecule has 6 unspecified atom stereocenters. The van der Waals surface area contributed by atoms with Crippen LogP contribution in [0.4, 0.5) is 0 Å². The standard InChI is InChI=1S/C49H94O9/c1-3-5-7-9-11-13-15-17-19-21-22-23-24-26-28-30-32-34-36-38-45(51)57-43(42-56-49-48(54)47(53)46(52)44(40-50)58-49)41-55-39-37-35-33-31-29-27-25-20-18-16-14-12-10-8-6-4-2/h18,20,43-44,46-50,52-54H,3-17,19,21-42H2,1-2H3/b20-18-. The highest BCUT2D eigenvalue weighted by molar-refractivity contribution is 5.69. The van der Waals surface area contributed by atoms with Crippen LogP contribution in [0, 0.1) is 0 Å². The molecule has 9 heteroatoms. The van der Waals surface area contributed by atoms with E-state index in [0.717, 1.165) is 32.1 Å². The number of unbranched alkanes of at least 4 members (excludes halogenated alkanes) is 30. The molecule has 0 aromatic rings.